The van der Waals surface area contributed by atoms with Crippen molar-refractivity contribution in [3.63, 3.8) is 0 Å². The van der Waals surface area contributed by atoms with Crippen LogP contribution in [-0.2, 0) is 0 Å². The minimum absolute atomic E-state index is 0.791. The number of hydrogen-bond acceptors (Lipinski definition) is 1. The van der Waals surface area contributed by atoms with Crippen molar-refractivity contribution in [2.24, 2.45) is 0 Å². The van der Waals surface area contributed by atoms with Gasteiger partial charge in [-0.1, -0.05) is 11.6 Å². The summed E-state index contributed by atoms with van der Waals surface area (Å²) < 4.78 is 0. The Morgan fingerprint density at radius 3 is 3.09 bits per heavy atom. The first-order valence-electron chi connectivity index (χ1n) is 3.36. The Balaban J connectivity index is 2.86. The third-order valence-corrected chi connectivity index (χ3v) is 2.13. The predicted molar refractivity (Wildman–Crippen MR) is 45.8 cm³/mol. The molecule has 0 saturated heterocycles. The zero-order valence-corrected chi connectivity index (χ0v) is 6.81. The fourth-order valence-corrected chi connectivity index (χ4v) is 1.24. The molecule has 3 heteroatoms. The van der Waals surface area contributed by atoms with Gasteiger partial charge >= 0.3 is 0 Å². The van der Waals surface area contributed by atoms with E-state index in [9.17, 15) is 0 Å². The molecule has 11 heavy (non-hydrogen) atoms. The van der Waals surface area contributed by atoms with E-state index in [4.69, 9.17) is 11.6 Å². The molecule has 0 aliphatic rings. The molecule has 1 aromatic heterocycles. The number of H-pyrrole nitrogens is 1. The van der Waals surface area contributed by atoms with Gasteiger partial charge < -0.3 is 0 Å². The number of rotatable bonds is 0. The third-order valence-electron chi connectivity index (χ3n) is 1.72. The maximum Gasteiger partial charge on any atom is 0.0653 e. The van der Waals surface area contributed by atoms with Crippen molar-refractivity contribution in [2.45, 2.75) is 6.92 Å². The molecule has 0 unspecified atom stereocenters. The number of halogens is 1. The van der Waals surface area contributed by atoms with E-state index < -0.39 is 0 Å². The predicted octanol–water partition coefficient (Wildman–Crippen LogP) is 2.52. The summed E-state index contributed by atoms with van der Waals surface area (Å²) >= 11 is 5.90. The van der Waals surface area contributed by atoms with Gasteiger partial charge in [-0.3, -0.25) is 5.10 Å². The van der Waals surface area contributed by atoms with E-state index in [0.717, 1.165) is 21.5 Å². The van der Waals surface area contributed by atoms with Gasteiger partial charge in [0.2, 0.25) is 0 Å². The van der Waals surface area contributed by atoms with Gasteiger partial charge in [0.1, 0.15) is 0 Å². The van der Waals surface area contributed by atoms with E-state index >= 15 is 0 Å². The zero-order chi connectivity index (χ0) is 7.84. The van der Waals surface area contributed by atoms with Crippen LogP contribution in [0.4, 0.5) is 0 Å². The van der Waals surface area contributed by atoms with Crippen LogP contribution in [0.1, 0.15) is 5.56 Å². The van der Waals surface area contributed by atoms with Crippen molar-refractivity contribution in [1.82, 2.24) is 10.2 Å². The van der Waals surface area contributed by atoms with Crippen LogP contribution in [0.5, 0.6) is 0 Å². The highest BCUT2D eigenvalue weighted by Gasteiger charge is 1.99. The molecule has 2 aromatic rings. The lowest BCUT2D eigenvalue weighted by molar-refractivity contribution is 1.12. The number of benzene rings is 1. The molecule has 1 N–H and O–H groups in total. The van der Waals surface area contributed by atoms with Crippen molar-refractivity contribution in [1.29, 1.82) is 0 Å². The van der Waals surface area contributed by atoms with Crippen molar-refractivity contribution >= 4 is 22.5 Å². The number of hydrogen-bond donors (Lipinski definition) is 1. The van der Waals surface area contributed by atoms with E-state index in [1.807, 2.05) is 19.1 Å². The Hall–Kier alpha value is -1.02. The summed E-state index contributed by atoms with van der Waals surface area (Å²) in [5.74, 6) is 0. The number of aryl methyl sites for hydroxylation is 1. The van der Waals surface area contributed by atoms with Crippen molar-refractivity contribution in [2.75, 3.05) is 0 Å². The van der Waals surface area contributed by atoms with Gasteiger partial charge in [0, 0.05) is 10.4 Å². The normalized spacial score (nSPS) is 10.7. The number of nitrogens with one attached hydrogen (secondary N) is 1. The summed E-state index contributed by atoms with van der Waals surface area (Å²) in [7, 11) is 0. The topological polar surface area (TPSA) is 28.7 Å². The maximum atomic E-state index is 5.90. The van der Waals surface area contributed by atoms with Crippen molar-refractivity contribution in [3.8, 4) is 0 Å². The lowest BCUT2D eigenvalue weighted by atomic mass is 10.2. The fourth-order valence-electron chi connectivity index (χ4n) is 1.07. The Labute approximate surface area is 69.2 Å². The summed E-state index contributed by atoms with van der Waals surface area (Å²) in [6.07, 6.45) is 1.76. The summed E-state index contributed by atoms with van der Waals surface area (Å²) in [6.45, 7) is 1.97. The monoisotopic (exact) mass is 166 g/mol. The van der Waals surface area contributed by atoms with Gasteiger partial charge in [-0.05, 0) is 24.6 Å². The minimum Gasteiger partial charge on any atom is -0.278 e. The SMILES string of the molecule is Cc1cc2[nH]ncc2cc1Cl. The molecule has 1 heterocycles. The highest BCUT2D eigenvalue weighted by Crippen LogP contribution is 2.21. The molecule has 0 fully saturated rings. The molecule has 1 aromatic carbocycles. The van der Waals surface area contributed by atoms with Crippen molar-refractivity contribution in [3.05, 3.63) is 28.9 Å². The van der Waals surface area contributed by atoms with Gasteiger partial charge in [-0.25, -0.2) is 0 Å². The number of aromatic amines is 1. The lowest BCUT2D eigenvalue weighted by Gasteiger charge is -1.95. The second-order valence-corrected chi connectivity index (χ2v) is 2.97. The standard InChI is InChI=1S/C8H7ClN2/c1-5-2-8-6(3-7(5)9)4-10-11-8/h2-4H,1H3,(H,10,11). The highest BCUT2D eigenvalue weighted by atomic mass is 35.5. The van der Waals surface area contributed by atoms with Crippen LogP contribution < -0.4 is 0 Å². The number of nitrogens with zero attached hydrogens (tertiary/aromatic N) is 1. The van der Waals surface area contributed by atoms with Gasteiger partial charge in [0.05, 0.1) is 11.7 Å². The maximum absolute atomic E-state index is 5.90. The third kappa shape index (κ3) is 0.994. The first kappa shape index (κ1) is 6.68. The second kappa shape index (κ2) is 2.24. The molecule has 0 aliphatic heterocycles. The average Bonchev–Trinajstić information content (AvgIpc) is 2.36. The Morgan fingerprint density at radius 1 is 1.45 bits per heavy atom. The molecular weight excluding hydrogens is 160 g/mol. The molecule has 0 spiro atoms. The molecular formula is C8H7ClN2. The molecule has 0 aliphatic carbocycles. The van der Waals surface area contributed by atoms with E-state index in [-0.39, 0.29) is 0 Å². The lowest BCUT2D eigenvalue weighted by Crippen LogP contribution is -1.74. The molecule has 0 saturated carbocycles. The Kier molecular flexibility index (Phi) is 1.36. The zero-order valence-electron chi connectivity index (χ0n) is 6.06. The summed E-state index contributed by atoms with van der Waals surface area (Å²) in [5.41, 5.74) is 2.11. The van der Waals surface area contributed by atoms with E-state index in [2.05, 4.69) is 10.2 Å². The first-order valence-corrected chi connectivity index (χ1v) is 3.74. The van der Waals surface area contributed by atoms with Gasteiger partial charge in [-0.2, -0.15) is 5.10 Å². The minimum atomic E-state index is 0.791. The van der Waals surface area contributed by atoms with E-state index in [0.29, 0.717) is 0 Å². The molecule has 2 nitrogen and oxygen atoms in total. The van der Waals surface area contributed by atoms with Crippen LogP contribution in [0.3, 0.4) is 0 Å². The van der Waals surface area contributed by atoms with E-state index in [1.54, 1.807) is 6.20 Å². The van der Waals surface area contributed by atoms with Crippen LogP contribution in [0, 0.1) is 6.92 Å². The average molecular weight is 167 g/mol. The van der Waals surface area contributed by atoms with Gasteiger partial charge in [-0.15, -0.1) is 0 Å². The summed E-state index contributed by atoms with van der Waals surface area (Å²) in [6, 6.07) is 3.90. The Bertz CT molecular complexity index is 356. The molecule has 0 radical (unpaired) electrons. The van der Waals surface area contributed by atoms with Crippen LogP contribution >= 0.6 is 11.6 Å². The van der Waals surface area contributed by atoms with Crippen molar-refractivity contribution < 1.29 is 0 Å². The Morgan fingerprint density at radius 2 is 2.27 bits per heavy atom. The quantitative estimate of drug-likeness (QED) is 0.640. The smallest absolute Gasteiger partial charge is 0.0653 e. The highest BCUT2D eigenvalue weighted by molar-refractivity contribution is 6.32. The van der Waals surface area contributed by atoms with Crippen LogP contribution in [0.25, 0.3) is 10.9 Å². The van der Waals surface area contributed by atoms with Crippen LogP contribution in [0.15, 0.2) is 18.3 Å². The van der Waals surface area contributed by atoms with Crippen LogP contribution in [0.2, 0.25) is 5.02 Å². The van der Waals surface area contributed by atoms with Crippen LogP contribution in [-0.4, -0.2) is 10.2 Å². The second-order valence-electron chi connectivity index (χ2n) is 2.56. The summed E-state index contributed by atoms with van der Waals surface area (Å²) in [5, 5.41) is 8.63. The number of fused-ring (bicyclic) bond motifs is 1. The molecule has 2 rings (SSSR count). The molecule has 0 atom stereocenters. The van der Waals surface area contributed by atoms with Gasteiger partial charge in [0.15, 0.2) is 0 Å². The van der Waals surface area contributed by atoms with Gasteiger partial charge in [0.25, 0.3) is 0 Å². The molecule has 0 bridgehead atoms. The summed E-state index contributed by atoms with van der Waals surface area (Å²) in [4.78, 5) is 0. The first-order chi connectivity index (χ1) is 5.27. The largest absolute Gasteiger partial charge is 0.278 e. The number of aromatic nitrogens is 2. The molecule has 0 amide bonds. The fraction of sp³-hybridized carbons (Fsp3) is 0.125. The molecule has 56 valence electrons. The van der Waals surface area contributed by atoms with E-state index in [1.165, 1.54) is 0 Å².